The number of carbonyl (C=O) groups excluding carboxylic acids is 1. The quantitative estimate of drug-likeness (QED) is 0.828. The number of hydrogen-bond acceptors (Lipinski definition) is 3. The van der Waals surface area contributed by atoms with Gasteiger partial charge in [-0.2, -0.15) is 5.10 Å². The molecule has 2 atom stereocenters. The van der Waals surface area contributed by atoms with E-state index >= 15 is 0 Å². The van der Waals surface area contributed by atoms with Crippen LogP contribution in [-0.2, 0) is 11.8 Å². The number of carboxylic acid groups (broad SMARTS) is 1. The fourth-order valence-electron chi connectivity index (χ4n) is 2.40. The first-order valence-corrected chi connectivity index (χ1v) is 6.03. The molecule has 18 heavy (non-hydrogen) atoms. The van der Waals surface area contributed by atoms with E-state index in [4.69, 9.17) is 5.11 Å². The van der Waals surface area contributed by atoms with Crippen molar-refractivity contribution < 1.29 is 14.7 Å². The summed E-state index contributed by atoms with van der Waals surface area (Å²) in [5.74, 6) is -1.54. The van der Waals surface area contributed by atoms with Gasteiger partial charge in [0.15, 0.2) is 0 Å². The maximum atomic E-state index is 12.0. The third kappa shape index (κ3) is 2.23. The van der Waals surface area contributed by atoms with Gasteiger partial charge >= 0.3 is 5.97 Å². The first-order valence-electron chi connectivity index (χ1n) is 6.03. The molecule has 1 aliphatic carbocycles. The van der Waals surface area contributed by atoms with Crippen LogP contribution in [0.1, 0.15) is 35.3 Å². The van der Waals surface area contributed by atoms with E-state index in [1.807, 2.05) is 6.92 Å². The van der Waals surface area contributed by atoms with Crippen molar-refractivity contribution in [1.29, 1.82) is 0 Å². The average Bonchev–Trinajstić information content (AvgIpc) is 2.88. The van der Waals surface area contributed by atoms with E-state index in [0.717, 1.165) is 18.5 Å². The molecule has 1 fully saturated rings. The predicted octanol–water partition coefficient (Wildman–Crippen LogP) is 0.712. The summed E-state index contributed by atoms with van der Waals surface area (Å²) in [5, 5.41) is 15.9. The number of aliphatic carboxylic acids is 1. The summed E-state index contributed by atoms with van der Waals surface area (Å²) < 4.78 is 1.62. The first-order chi connectivity index (χ1) is 8.50. The summed E-state index contributed by atoms with van der Waals surface area (Å²) in [5.41, 5.74) is 1.28. The molecule has 1 saturated carbocycles. The lowest BCUT2D eigenvalue weighted by molar-refractivity contribution is -0.142. The number of carbonyl (C=O) groups is 2. The van der Waals surface area contributed by atoms with E-state index in [0.29, 0.717) is 12.0 Å². The van der Waals surface area contributed by atoms with Gasteiger partial charge in [-0.15, -0.1) is 0 Å². The van der Waals surface area contributed by atoms with Crippen LogP contribution in [0.4, 0.5) is 0 Å². The van der Waals surface area contributed by atoms with Crippen molar-refractivity contribution in [2.45, 2.75) is 32.2 Å². The Labute approximate surface area is 105 Å². The van der Waals surface area contributed by atoms with Gasteiger partial charge < -0.3 is 10.4 Å². The molecule has 1 heterocycles. The molecule has 1 amide bonds. The number of aryl methyl sites for hydroxylation is 1. The zero-order valence-electron chi connectivity index (χ0n) is 10.5. The highest BCUT2D eigenvalue weighted by Crippen LogP contribution is 2.26. The molecule has 98 valence electrons. The fourth-order valence-corrected chi connectivity index (χ4v) is 2.40. The summed E-state index contributed by atoms with van der Waals surface area (Å²) >= 11 is 0. The molecule has 1 aromatic rings. The van der Waals surface area contributed by atoms with Crippen molar-refractivity contribution in [2.24, 2.45) is 13.0 Å². The SMILES string of the molecule is Cc1c(C(=O)N[C@H]2CCC[C@@H]2C(=O)O)cnn1C. The highest BCUT2D eigenvalue weighted by atomic mass is 16.4. The number of aromatic nitrogens is 2. The van der Waals surface area contributed by atoms with Crippen LogP contribution >= 0.6 is 0 Å². The number of carboxylic acids is 1. The summed E-state index contributed by atoms with van der Waals surface area (Å²) in [7, 11) is 1.77. The van der Waals surface area contributed by atoms with Crippen LogP contribution in [0.15, 0.2) is 6.20 Å². The molecule has 0 saturated heterocycles. The van der Waals surface area contributed by atoms with Crippen molar-refractivity contribution in [1.82, 2.24) is 15.1 Å². The highest BCUT2D eigenvalue weighted by molar-refractivity contribution is 5.95. The maximum Gasteiger partial charge on any atom is 0.308 e. The molecule has 0 aliphatic heterocycles. The normalized spacial score (nSPS) is 23.0. The molecule has 1 aliphatic rings. The molecule has 0 aromatic carbocycles. The number of nitrogens with zero attached hydrogens (tertiary/aromatic N) is 2. The van der Waals surface area contributed by atoms with Crippen LogP contribution in [-0.4, -0.2) is 32.8 Å². The van der Waals surface area contributed by atoms with E-state index in [2.05, 4.69) is 10.4 Å². The molecule has 2 rings (SSSR count). The lowest BCUT2D eigenvalue weighted by atomic mass is 10.0. The van der Waals surface area contributed by atoms with Crippen LogP contribution < -0.4 is 5.32 Å². The highest BCUT2D eigenvalue weighted by Gasteiger charge is 2.34. The summed E-state index contributed by atoms with van der Waals surface area (Å²) in [6.07, 6.45) is 3.71. The molecule has 6 heteroatoms. The number of rotatable bonds is 3. The lowest BCUT2D eigenvalue weighted by Crippen LogP contribution is -2.40. The van der Waals surface area contributed by atoms with Crippen molar-refractivity contribution in [3.8, 4) is 0 Å². The molecule has 0 unspecified atom stereocenters. The molecule has 0 bridgehead atoms. The van der Waals surface area contributed by atoms with E-state index in [9.17, 15) is 9.59 Å². The Hall–Kier alpha value is -1.85. The smallest absolute Gasteiger partial charge is 0.308 e. The Balaban J connectivity index is 2.08. The van der Waals surface area contributed by atoms with Crippen LogP contribution in [0.5, 0.6) is 0 Å². The lowest BCUT2D eigenvalue weighted by Gasteiger charge is -2.17. The maximum absolute atomic E-state index is 12.0. The second kappa shape index (κ2) is 4.80. The van der Waals surface area contributed by atoms with Gasteiger partial charge in [0.2, 0.25) is 0 Å². The van der Waals surface area contributed by atoms with Gasteiger partial charge in [-0.1, -0.05) is 6.42 Å². The number of hydrogen-bond donors (Lipinski definition) is 2. The molecular formula is C12H17N3O3. The standard InChI is InChI=1S/C12H17N3O3/c1-7-9(6-13-15(7)2)11(16)14-10-5-3-4-8(10)12(17)18/h6,8,10H,3-5H2,1-2H3,(H,14,16)(H,17,18)/t8-,10-/m0/s1. The van der Waals surface area contributed by atoms with Gasteiger partial charge in [-0.05, 0) is 19.8 Å². The Morgan fingerprint density at radius 3 is 2.78 bits per heavy atom. The Kier molecular flexibility index (Phi) is 3.36. The fraction of sp³-hybridized carbons (Fsp3) is 0.583. The second-order valence-corrected chi connectivity index (χ2v) is 4.72. The molecule has 0 spiro atoms. The Morgan fingerprint density at radius 2 is 2.22 bits per heavy atom. The first kappa shape index (κ1) is 12.6. The van der Waals surface area contributed by atoms with Crippen LogP contribution in [0, 0.1) is 12.8 Å². The van der Waals surface area contributed by atoms with Crippen LogP contribution in [0.25, 0.3) is 0 Å². The predicted molar refractivity (Wildman–Crippen MR) is 64.2 cm³/mol. The van der Waals surface area contributed by atoms with Crippen LogP contribution in [0.2, 0.25) is 0 Å². The van der Waals surface area contributed by atoms with E-state index in [1.165, 1.54) is 6.20 Å². The van der Waals surface area contributed by atoms with E-state index in [1.54, 1.807) is 11.7 Å². The summed E-state index contributed by atoms with van der Waals surface area (Å²) in [6, 6.07) is -0.269. The minimum atomic E-state index is -0.833. The second-order valence-electron chi connectivity index (χ2n) is 4.72. The molecule has 1 aromatic heterocycles. The zero-order chi connectivity index (χ0) is 13.3. The molecule has 6 nitrogen and oxygen atoms in total. The van der Waals surface area contributed by atoms with Crippen molar-refractivity contribution in [2.75, 3.05) is 0 Å². The van der Waals surface area contributed by atoms with Crippen molar-refractivity contribution in [3.63, 3.8) is 0 Å². The van der Waals surface area contributed by atoms with Gasteiger partial charge in [0.25, 0.3) is 5.91 Å². The molecule has 0 radical (unpaired) electrons. The van der Waals surface area contributed by atoms with Crippen molar-refractivity contribution in [3.05, 3.63) is 17.5 Å². The summed E-state index contributed by atoms with van der Waals surface area (Å²) in [6.45, 7) is 1.81. The zero-order valence-corrected chi connectivity index (χ0v) is 10.5. The van der Waals surface area contributed by atoms with Gasteiger partial charge in [0, 0.05) is 18.8 Å². The van der Waals surface area contributed by atoms with Gasteiger partial charge in [-0.3, -0.25) is 14.3 Å². The third-order valence-electron chi connectivity index (χ3n) is 3.63. The topological polar surface area (TPSA) is 84.2 Å². The van der Waals surface area contributed by atoms with Gasteiger partial charge in [0.1, 0.15) is 0 Å². The Bertz CT molecular complexity index is 481. The number of amides is 1. The van der Waals surface area contributed by atoms with Gasteiger partial charge in [0.05, 0.1) is 17.7 Å². The monoisotopic (exact) mass is 251 g/mol. The average molecular weight is 251 g/mol. The minimum Gasteiger partial charge on any atom is -0.481 e. The van der Waals surface area contributed by atoms with Crippen LogP contribution in [0.3, 0.4) is 0 Å². The van der Waals surface area contributed by atoms with Crippen molar-refractivity contribution >= 4 is 11.9 Å². The largest absolute Gasteiger partial charge is 0.481 e. The summed E-state index contributed by atoms with van der Waals surface area (Å²) in [4.78, 5) is 23.1. The minimum absolute atomic E-state index is 0.237. The molecule has 2 N–H and O–H groups in total. The van der Waals surface area contributed by atoms with E-state index < -0.39 is 11.9 Å². The molecular weight excluding hydrogens is 234 g/mol. The third-order valence-corrected chi connectivity index (χ3v) is 3.63. The van der Waals surface area contributed by atoms with E-state index in [-0.39, 0.29) is 11.9 Å². The number of nitrogens with one attached hydrogen (secondary N) is 1. The Morgan fingerprint density at radius 1 is 1.50 bits per heavy atom. The van der Waals surface area contributed by atoms with Gasteiger partial charge in [-0.25, -0.2) is 0 Å².